The highest BCUT2D eigenvalue weighted by Crippen LogP contribution is 2.16. The van der Waals surface area contributed by atoms with E-state index in [1.165, 1.54) is 17.1 Å². The lowest BCUT2D eigenvalue weighted by molar-refractivity contribution is 0.101. The molecule has 3 rings (SSSR count). The minimum atomic E-state index is -0.645. The van der Waals surface area contributed by atoms with Crippen molar-refractivity contribution in [2.75, 3.05) is 11.6 Å². The first-order valence-electron chi connectivity index (χ1n) is 5.99. The summed E-state index contributed by atoms with van der Waals surface area (Å²) in [6.07, 6.45) is 1.33. The molecule has 0 atom stereocenters. The van der Waals surface area contributed by atoms with Crippen molar-refractivity contribution in [1.29, 1.82) is 0 Å². The third kappa shape index (κ3) is 2.65. The van der Waals surface area contributed by atoms with Crippen LogP contribution in [0.15, 0.2) is 51.0 Å². The van der Waals surface area contributed by atoms with Crippen LogP contribution in [0.1, 0.15) is 10.4 Å². The average Bonchev–Trinajstić information content (AvgIpc) is 2.89. The van der Waals surface area contributed by atoms with Crippen LogP contribution in [0.25, 0.3) is 11.0 Å². The van der Waals surface area contributed by atoms with Gasteiger partial charge in [0.25, 0.3) is 0 Å². The van der Waals surface area contributed by atoms with E-state index in [2.05, 4.69) is 10.2 Å². The van der Waals surface area contributed by atoms with Crippen LogP contribution >= 0.6 is 11.8 Å². The van der Waals surface area contributed by atoms with Crippen LogP contribution in [-0.2, 0) is 0 Å². The molecule has 0 unspecified atom stereocenters. The fourth-order valence-corrected chi connectivity index (χ4v) is 2.52. The fourth-order valence-electron chi connectivity index (χ4n) is 1.80. The van der Waals surface area contributed by atoms with Gasteiger partial charge in [-0.1, -0.05) is 30.0 Å². The minimum Gasteiger partial charge on any atom is -0.422 e. The minimum absolute atomic E-state index is 0.0179. The van der Waals surface area contributed by atoms with Gasteiger partial charge in [-0.3, -0.25) is 4.79 Å². The molecule has 0 saturated heterocycles. The molecule has 0 saturated carbocycles. The molecule has 2 heterocycles. The zero-order chi connectivity index (χ0) is 14.8. The number of ketones is 1. The van der Waals surface area contributed by atoms with E-state index in [9.17, 15) is 9.59 Å². The maximum absolute atomic E-state index is 12.1. The number of hydrogen-bond acceptors (Lipinski definition) is 7. The van der Waals surface area contributed by atoms with Gasteiger partial charge in [-0.25, -0.2) is 9.47 Å². The van der Waals surface area contributed by atoms with Gasteiger partial charge in [0.1, 0.15) is 17.5 Å². The molecule has 1 aromatic carbocycles. The van der Waals surface area contributed by atoms with Crippen molar-refractivity contribution < 1.29 is 9.21 Å². The Hall–Kier alpha value is -2.61. The highest BCUT2D eigenvalue weighted by molar-refractivity contribution is 7.99. The third-order valence-corrected chi connectivity index (χ3v) is 3.77. The SMILES string of the molecule is Nn1cnnc1SCC(=O)c1cc2ccccc2oc1=O. The molecule has 2 N–H and O–H groups in total. The summed E-state index contributed by atoms with van der Waals surface area (Å²) in [5.41, 5.74) is -0.175. The van der Waals surface area contributed by atoms with E-state index in [1.54, 1.807) is 18.2 Å². The Morgan fingerprint density at radius 3 is 2.95 bits per heavy atom. The molecule has 0 aliphatic rings. The van der Waals surface area contributed by atoms with Crippen molar-refractivity contribution in [2.45, 2.75) is 5.16 Å². The van der Waals surface area contributed by atoms with Gasteiger partial charge in [0.05, 0.1) is 5.75 Å². The maximum Gasteiger partial charge on any atom is 0.347 e. The van der Waals surface area contributed by atoms with Gasteiger partial charge in [-0.2, -0.15) is 0 Å². The Balaban J connectivity index is 1.86. The predicted molar refractivity (Wildman–Crippen MR) is 77.7 cm³/mol. The van der Waals surface area contributed by atoms with E-state index >= 15 is 0 Å². The Labute approximate surface area is 122 Å². The fraction of sp³-hybridized carbons (Fsp3) is 0.0769. The number of para-hydroxylation sites is 1. The molecule has 0 amide bonds. The molecule has 0 aliphatic heterocycles. The third-order valence-electron chi connectivity index (χ3n) is 2.81. The molecule has 0 bridgehead atoms. The van der Waals surface area contributed by atoms with Crippen molar-refractivity contribution in [3.8, 4) is 0 Å². The number of benzene rings is 1. The lowest BCUT2D eigenvalue weighted by atomic mass is 10.1. The molecular formula is C13H10N4O3S. The van der Waals surface area contributed by atoms with Crippen LogP contribution < -0.4 is 11.5 Å². The molecule has 2 aromatic heterocycles. The van der Waals surface area contributed by atoms with Gasteiger partial charge >= 0.3 is 5.63 Å². The molecule has 106 valence electrons. The van der Waals surface area contributed by atoms with Gasteiger partial charge in [-0.05, 0) is 12.1 Å². The lowest BCUT2D eigenvalue weighted by Gasteiger charge is -2.01. The quantitative estimate of drug-likeness (QED) is 0.333. The summed E-state index contributed by atoms with van der Waals surface area (Å²) < 4.78 is 6.34. The number of rotatable bonds is 4. The maximum atomic E-state index is 12.1. The number of aromatic nitrogens is 3. The Kier molecular flexibility index (Phi) is 3.44. The number of Topliss-reactive ketones (excluding diaryl/α,β-unsaturated/α-hetero) is 1. The highest BCUT2D eigenvalue weighted by Gasteiger charge is 2.15. The molecule has 3 aromatic rings. The number of nitrogen functional groups attached to an aromatic ring is 1. The van der Waals surface area contributed by atoms with Gasteiger partial charge in [0, 0.05) is 5.39 Å². The largest absolute Gasteiger partial charge is 0.422 e. The lowest BCUT2D eigenvalue weighted by Crippen LogP contribution is -2.16. The van der Waals surface area contributed by atoms with Crippen molar-refractivity contribution in [3.63, 3.8) is 0 Å². The second-order valence-electron chi connectivity index (χ2n) is 4.22. The van der Waals surface area contributed by atoms with Gasteiger partial charge in [0.2, 0.25) is 5.16 Å². The van der Waals surface area contributed by atoms with Crippen LogP contribution in [0.4, 0.5) is 0 Å². The topological polar surface area (TPSA) is 104 Å². The first-order valence-corrected chi connectivity index (χ1v) is 6.97. The summed E-state index contributed by atoms with van der Waals surface area (Å²) in [6, 6.07) is 8.56. The van der Waals surface area contributed by atoms with E-state index in [0.29, 0.717) is 16.1 Å². The summed E-state index contributed by atoms with van der Waals surface area (Å²) in [6.45, 7) is 0. The number of nitrogens with zero attached hydrogens (tertiary/aromatic N) is 3. The number of carbonyl (C=O) groups excluding carboxylic acids is 1. The zero-order valence-electron chi connectivity index (χ0n) is 10.7. The molecule has 21 heavy (non-hydrogen) atoms. The standard InChI is InChI=1S/C13H10N4O3S/c14-17-7-15-16-13(17)21-6-10(18)9-5-8-3-1-2-4-11(8)20-12(9)19/h1-5,7H,6,14H2. The van der Waals surface area contributed by atoms with Gasteiger partial charge in [-0.15, -0.1) is 10.2 Å². The average molecular weight is 302 g/mol. The van der Waals surface area contributed by atoms with E-state index < -0.39 is 5.63 Å². The second-order valence-corrected chi connectivity index (χ2v) is 5.16. The van der Waals surface area contributed by atoms with Gasteiger partial charge in [0.15, 0.2) is 5.78 Å². The second kappa shape index (κ2) is 5.41. The molecule has 8 heteroatoms. The summed E-state index contributed by atoms with van der Waals surface area (Å²) in [4.78, 5) is 24.0. The normalized spacial score (nSPS) is 10.9. The molecule has 0 spiro atoms. The van der Waals surface area contributed by atoms with Crippen LogP contribution in [0, 0.1) is 0 Å². The van der Waals surface area contributed by atoms with Crippen LogP contribution in [-0.4, -0.2) is 26.4 Å². The number of carbonyl (C=O) groups is 1. The first-order chi connectivity index (χ1) is 10.1. The van der Waals surface area contributed by atoms with Crippen LogP contribution in [0.5, 0.6) is 0 Å². The van der Waals surface area contributed by atoms with Crippen molar-refractivity contribution in [1.82, 2.24) is 14.9 Å². The van der Waals surface area contributed by atoms with Gasteiger partial charge < -0.3 is 10.3 Å². The summed E-state index contributed by atoms with van der Waals surface area (Å²) >= 11 is 1.11. The van der Waals surface area contributed by atoms with E-state index in [4.69, 9.17) is 10.3 Å². The van der Waals surface area contributed by atoms with Crippen LogP contribution in [0.3, 0.4) is 0 Å². The Morgan fingerprint density at radius 2 is 2.19 bits per heavy atom. The Bertz CT molecular complexity index is 871. The number of nitrogens with two attached hydrogens (primary N) is 1. The van der Waals surface area contributed by atoms with E-state index in [0.717, 1.165) is 11.8 Å². The monoisotopic (exact) mass is 302 g/mol. The molecule has 0 aliphatic carbocycles. The highest BCUT2D eigenvalue weighted by atomic mass is 32.2. The smallest absolute Gasteiger partial charge is 0.347 e. The first kappa shape index (κ1) is 13.4. The predicted octanol–water partition coefficient (Wildman–Crippen LogP) is 1.07. The summed E-state index contributed by atoms with van der Waals surface area (Å²) in [5.74, 6) is 5.23. The zero-order valence-corrected chi connectivity index (χ0v) is 11.5. The number of hydrogen-bond donors (Lipinski definition) is 1. The van der Waals surface area contributed by atoms with Crippen LogP contribution in [0.2, 0.25) is 0 Å². The molecule has 7 nitrogen and oxygen atoms in total. The van der Waals surface area contributed by atoms with E-state index in [1.807, 2.05) is 6.07 Å². The van der Waals surface area contributed by atoms with E-state index in [-0.39, 0.29) is 17.1 Å². The molecular weight excluding hydrogens is 292 g/mol. The van der Waals surface area contributed by atoms with Crippen molar-refractivity contribution in [2.24, 2.45) is 0 Å². The Morgan fingerprint density at radius 1 is 1.38 bits per heavy atom. The number of thioether (sulfide) groups is 1. The summed E-state index contributed by atoms with van der Waals surface area (Å²) in [7, 11) is 0. The van der Waals surface area contributed by atoms with Crippen molar-refractivity contribution >= 4 is 28.5 Å². The number of fused-ring (bicyclic) bond motifs is 1. The molecule has 0 fully saturated rings. The summed E-state index contributed by atoms with van der Waals surface area (Å²) in [5, 5.41) is 8.46. The van der Waals surface area contributed by atoms with Crippen molar-refractivity contribution in [3.05, 3.63) is 52.6 Å². The molecule has 0 radical (unpaired) electrons.